The van der Waals surface area contributed by atoms with E-state index in [1.165, 1.54) is 24.7 Å². The normalized spacial score (nSPS) is 15.2. The Bertz CT molecular complexity index is 604. The number of nitrogens with zero attached hydrogens (tertiary/aromatic N) is 2. The van der Waals surface area contributed by atoms with Crippen LogP contribution in [0.2, 0.25) is 0 Å². The Morgan fingerprint density at radius 3 is 2.72 bits per heavy atom. The van der Waals surface area contributed by atoms with E-state index in [-0.39, 0.29) is 5.56 Å². The van der Waals surface area contributed by atoms with E-state index in [0.717, 1.165) is 24.0 Å². The Balaban J connectivity index is 2.02. The van der Waals surface area contributed by atoms with Crippen molar-refractivity contribution in [1.29, 1.82) is 0 Å². The van der Waals surface area contributed by atoms with Gasteiger partial charge < -0.3 is 10.0 Å². The van der Waals surface area contributed by atoms with Crippen LogP contribution in [0.25, 0.3) is 10.9 Å². The van der Waals surface area contributed by atoms with E-state index in [1.54, 1.807) is 6.07 Å². The maximum Gasteiger partial charge on any atom is 0.337 e. The van der Waals surface area contributed by atoms with E-state index in [0.29, 0.717) is 0 Å². The van der Waals surface area contributed by atoms with Crippen molar-refractivity contribution in [3.8, 4) is 0 Å². The lowest BCUT2D eigenvalue weighted by atomic mass is 10.1. The maximum atomic E-state index is 10.9. The summed E-state index contributed by atoms with van der Waals surface area (Å²) in [6, 6.07) is 7.69. The van der Waals surface area contributed by atoms with Crippen LogP contribution in [0.5, 0.6) is 0 Å². The molecule has 4 heteroatoms. The lowest BCUT2D eigenvalue weighted by molar-refractivity contribution is 0.0696. The number of fused-ring (bicyclic) bond motifs is 1. The highest BCUT2D eigenvalue weighted by Crippen LogP contribution is 2.24. The molecule has 1 saturated heterocycles. The summed E-state index contributed by atoms with van der Waals surface area (Å²) in [4.78, 5) is 17.4. The van der Waals surface area contributed by atoms with Crippen molar-refractivity contribution in [1.82, 2.24) is 4.98 Å². The molecule has 2 heterocycles. The number of hydrogen-bond acceptors (Lipinski definition) is 3. The number of carboxylic acids is 1. The lowest BCUT2D eigenvalue weighted by Crippen LogP contribution is -2.17. The predicted octanol–water partition coefficient (Wildman–Crippen LogP) is 2.53. The number of aromatic nitrogens is 1. The van der Waals surface area contributed by atoms with Gasteiger partial charge in [0.25, 0.3) is 0 Å². The quantitative estimate of drug-likeness (QED) is 0.879. The number of carbonyl (C=O) groups is 1. The number of benzene rings is 1. The van der Waals surface area contributed by atoms with Crippen molar-refractivity contribution < 1.29 is 9.90 Å². The van der Waals surface area contributed by atoms with Gasteiger partial charge in [-0.05, 0) is 31.0 Å². The molecule has 18 heavy (non-hydrogen) atoms. The minimum Gasteiger partial charge on any atom is -0.478 e. The van der Waals surface area contributed by atoms with Gasteiger partial charge in [-0.2, -0.15) is 0 Å². The highest BCUT2D eigenvalue weighted by atomic mass is 16.4. The molecule has 1 aliphatic rings. The summed E-state index contributed by atoms with van der Waals surface area (Å²) in [5, 5.41) is 9.80. The minimum atomic E-state index is -0.937. The van der Waals surface area contributed by atoms with Gasteiger partial charge in [0.1, 0.15) is 0 Å². The summed E-state index contributed by atoms with van der Waals surface area (Å²) in [6.45, 7) is 2.19. The van der Waals surface area contributed by atoms with Crippen LogP contribution in [0.1, 0.15) is 23.2 Å². The highest BCUT2D eigenvalue weighted by Gasteiger charge is 2.13. The zero-order valence-corrected chi connectivity index (χ0v) is 9.97. The van der Waals surface area contributed by atoms with Crippen molar-refractivity contribution >= 4 is 22.6 Å². The first-order valence-corrected chi connectivity index (χ1v) is 6.12. The molecular formula is C14H14N2O2. The van der Waals surface area contributed by atoms with Gasteiger partial charge in [-0.3, -0.25) is 4.98 Å². The number of rotatable bonds is 2. The van der Waals surface area contributed by atoms with Crippen molar-refractivity contribution in [3.63, 3.8) is 0 Å². The monoisotopic (exact) mass is 242 g/mol. The number of aromatic carboxylic acids is 1. The van der Waals surface area contributed by atoms with Gasteiger partial charge in [0.2, 0.25) is 0 Å². The van der Waals surface area contributed by atoms with Crippen LogP contribution >= 0.6 is 0 Å². The van der Waals surface area contributed by atoms with Crippen LogP contribution in [0.3, 0.4) is 0 Å². The standard InChI is InChI=1S/C14H14N2O2/c17-14(18)11-7-10-3-4-12(8-13(10)15-9-11)16-5-1-2-6-16/h3-4,7-9H,1-2,5-6H2,(H,17,18). The van der Waals surface area contributed by atoms with Gasteiger partial charge in [-0.1, -0.05) is 6.07 Å². The Labute approximate surface area is 105 Å². The molecule has 0 atom stereocenters. The Hall–Kier alpha value is -2.10. The molecule has 1 N–H and O–H groups in total. The Kier molecular flexibility index (Phi) is 2.63. The van der Waals surface area contributed by atoms with Gasteiger partial charge in [0.05, 0.1) is 11.1 Å². The zero-order valence-electron chi connectivity index (χ0n) is 9.97. The minimum absolute atomic E-state index is 0.233. The number of anilines is 1. The molecule has 0 bridgehead atoms. The van der Waals surface area contributed by atoms with Crippen molar-refractivity contribution in [2.45, 2.75) is 12.8 Å². The molecule has 0 saturated carbocycles. The third-order valence-corrected chi connectivity index (χ3v) is 3.39. The smallest absolute Gasteiger partial charge is 0.337 e. The second kappa shape index (κ2) is 4.29. The van der Waals surface area contributed by atoms with E-state index < -0.39 is 5.97 Å². The molecule has 0 unspecified atom stereocenters. The van der Waals surface area contributed by atoms with Crippen LogP contribution in [0.15, 0.2) is 30.5 Å². The Morgan fingerprint density at radius 1 is 1.22 bits per heavy atom. The zero-order chi connectivity index (χ0) is 12.5. The average molecular weight is 242 g/mol. The van der Waals surface area contributed by atoms with Gasteiger partial charge in [0.15, 0.2) is 0 Å². The van der Waals surface area contributed by atoms with E-state index in [9.17, 15) is 4.79 Å². The van der Waals surface area contributed by atoms with E-state index in [2.05, 4.69) is 9.88 Å². The summed E-state index contributed by atoms with van der Waals surface area (Å²) < 4.78 is 0. The maximum absolute atomic E-state index is 10.9. The molecule has 3 rings (SSSR count). The van der Waals surface area contributed by atoms with E-state index in [1.807, 2.05) is 18.2 Å². The second-order valence-corrected chi connectivity index (χ2v) is 4.60. The first kappa shape index (κ1) is 11.0. The van der Waals surface area contributed by atoms with Crippen molar-refractivity contribution in [2.75, 3.05) is 18.0 Å². The molecule has 1 aromatic heterocycles. The molecule has 0 aliphatic carbocycles. The predicted molar refractivity (Wildman–Crippen MR) is 70.1 cm³/mol. The molecule has 1 fully saturated rings. The largest absolute Gasteiger partial charge is 0.478 e. The third-order valence-electron chi connectivity index (χ3n) is 3.39. The van der Waals surface area contributed by atoms with Crippen LogP contribution in [-0.4, -0.2) is 29.1 Å². The van der Waals surface area contributed by atoms with Gasteiger partial charge in [-0.25, -0.2) is 4.79 Å². The fraction of sp³-hybridized carbons (Fsp3) is 0.286. The van der Waals surface area contributed by atoms with Crippen LogP contribution < -0.4 is 4.90 Å². The summed E-state index contributed by atoms with van der Waals surface area (Å²) in [7, 11) is 0. The van der Waals surface area contributed by atoms with E-state index in [4.69, 9.17) is 5.11 Å². The summed E-state index contributed by atoms with van der Waals surface area (Å²) >= 11 is 0. The van der Waals surface area contributed by atoms with Crippen LogP contribution in [0, 0.1) is 0 Å². The summed E-state index contributed by atoms with van der Waals surface area (Å²) in [6.07, 6.45) is 3.89. The molecule has 1 aromatic carbocycles. The van der Waals surface area contributed by atoms with Crippen LogP contribution in [0.4, 0.5) is 5.69 Å². The highest BCUT2D eigenvalue weighted by molar-refractivity contribution is 5.93. The number of hydrogen-bond donors (Lipinski definition) is 1. The molecule has 0 radical (unpaired) electrons. The molecule has 1 aliphatic heterocycles. The molecule has 92 valence electrons. The SMILES string of the molecule is O=C(O)c1cnc2cc(N3CCCC3)ccc2c1. The van der Waals surface area contributed by atoms with Gasteiger partial charge in [-0.15, -0.1) is 0 Å². The molecule has 2 aromatic rings. The number of pyridine rings is 1. The molecule has 0 amide bonds. The molecule has 0 spiro atoms. The number of carboxylic acid groups (broad SMARTS) is 1. The fourth-order valence-electron chi connectivity index (χ4n) is 2.40. The third kappa shape index (κ3) is 1.90. The summed E-state index contributed by atoms with van der Waals surface area (Å²) in [5.74, 6) is -0.937. The van der Waals surface area contributed by atoms with Crippen molar-refractivity contribution in [2.24, 2.45) is 0 Å². The first-order chi connectivity index (χ1) is 8.74. The van der Waals surface area contributed by atoms with Gasteiger partial charge >= 0.3 is 5.97 Å². The fourth-order valence-corrected chi connectivity index (χ4v) is 2.40. The molecule has 4 nitrogen and oxygen atoms in total. The van der Waals surface area contributed by atoms with Gasteiger partial charge in [0, 0.05) is 30.4 Å². The van der Waals surface area contributed by atoms with E-state index >= 15 is 0 Å². The molecular weight excluding hydrogens is 228 g/mol. The first-order valence-electron chi connectivity index (χ1n) is 6.12. The van der Waals surface area contributed by atoms with Crippen molar-refractivity contribution in [3.05, 3.63) is 36.0 Å². The lowest BCUT2D eigenvalue weighted by Gasteiger charge is -2.17. The Morgan fingerprint density at radius 2 is 2.00 bits per heavy atom. The van der Waals surface area contributed by atoms with Crippen LogP contribution in [-0.2, 0) is 0 Å². The second-order valence-electron chi connectivity index (χ2n) is 4.60. The average Bonchev–Trinajstić information content (AvgIpc) is 2.91. The topological polar surface area (TPSA) is 53.4 Å². The summed E-state index contributed by atoms with van der Waals surface area (Å²) in [5.41, 5.74) is 2.26.